The molecule has 13 heavy (non-hydrogen) atoms. The second-order valence-corrected chi connectivity index (χ2v) is 3.41. The third-order valence-corrected chi connectivity index (χ3v) is 2.13. The van der Waals surface area contributed by atoms with Crippen LogP contribution in [-0.4, -0.2) is 29.9 Å². The molecule has 1 atom stereocenters. The fourth-order valence-corrected chi connectivity index (χ4v) is 0.906. The minimum atomic E-state index is -0.801. The Balaban J connectivity index is 4.19. The van der Waals surface area contributed by atoms with Crippen molar-refractivity contribution in [3.05, 3.63) is 0 Å². The van der Waals surface area contributed by atoms with Crippen molar-refractivity contribution >= 4 is 5.91 Å². The summed E-state index contributed by atoms with van der Waals surface area (Å²) < 4.78 is 0. The van der Waals surface area contributed by atoms with E-state index in [1.165, 1.54) is 4.90 Å². The van der Waals surface area contributed by atoms with E-state index < -0.39 is 5.54 Å². The molecule has 0 fully saturated rings. The van der Waals surface area contributed by atoms with Gasteiger partial charge in [0.25, 0.3) is 0 Å². The van der Waals surface area contributed by atoms with Crippen LogP contribution < -0.4 is 5.73 Å². The van der Waals surface area contributed by atoms with Crippen LogP contribution in [0, 0.1) is 11.3 Å². The second kappa shape index (κ2) is 4.83. The molecule has 1 amide bonds. The zero-order chi connectivity index (χ0) is 10.5. The highest BCUT2D eigenvalue weighted by Gasteiger charge is 2.28. The van der Waals surface area contributed by atoms with Crippen molar-refractivity contribution in [3.63, 3.8) is 0 Å². The van der Waals surface area contributed by atoms with Crippen LogP contribution in [-0.2, 0) is 4.79 Å². The highest BCUT2D eigenvalue weighted by atomic mass is 16.2. The monoisotopic (exact) mass is 183 g/mol. The van der Waals surface area contributed by atoms with Crippen molar-refractivity contribution < 1.29 is 4.79 Å². The van der Waals surface area contributed by atoms with E-state index in [4.69, 9.17) is 11.0 Å². The van der Waals surface area contributed by atoms with Crippen molar-refractivity contribution in [2.24, 2.45) is 5.73 Å². The van der Waals surface area contributed by atoms with Crippen LogP contribution >= 0.6 is 0 Å². The summed E-state index contributed by atoms with van der Waals surface area (Å²) in [7, 11) is 1.67. The number of carbonyl (C=O) groups is 1. The highest BCUT2D eigenvalue weighted by molar-refractivity contribution is 5.85. The van der Waals surface area contributed by atoms with Crippen molar-refractivity contribution in [2.75, 3.05) is 13.6 Å². The summed E-state index contributed by atoms with van der Waals surface area (Å²) in [4.78, 5) is 13.1. The number of carbonyl (C=O) groups excluding carboxylic acids is 1. The zero-order valence-electron chi connectivity index (χ0n) is 8.50. The Kier molecular flexibility index (Phi) is 4.43. The normalized spacial score (nSPS) is 14.4. The van der Waals surface area contributed by atoms with Crippen LogP contribution in [0.1, 0.15) is 26.7 Å². The first kappa shape index (κ1) is 11.9. The van der Waals surface area contributed by atoms with E-state index in [1.54, 1.807) is 14.0 Å². The first-order chi connectivity index (χ1) is 5.95. The van der Waals surface area contributed by atoms with Gasteiger partial charge in [0.2, 0.25) is 5.91 Å². The standard InChI is InChI=1S/C9H17N3O/c1-4-9(2,11)8(13)12(3)7-5-6-10/h4-5,7,11H2,1-3H3. The number of nitrogens with two attached hydrogens (primary N) is 1. The third kappa shape index (κ3) is 3.43. The summed E-state index contributed by atoms with van der Waals surface area (Å²) in [6, 6.07) is 1.99. The van der Waals surface area contributed by atoms with E-state index in [0.29, 0.717) is 19.4 Å². The fraction of sp³-hybridized carbons (Fsp3) is 0.778. The second-order valence-electron chi connectivity index (χ2n) is 3.41. The van der Waals surface area contributed by atoms with E-state index in [9.17, 15) is 4.79 Å². The smallest absolute Gasteiger partial charge is 0.242 e. The SMILES string of the molecule is CCC(C)(N)C(=O)N(C)CCC#N. The fourth-order valence-electron chi connectivity index (χ4n) is 0.906. The van der Waals surface area contributed by atoms with Gasteiger partial charge in [0.05, 0.1) is 18.0 Å². The molecule has 0 aliphatic rings. The lowest BCUT2D eigenvalue weighted by atomic mass is 9.99. The van der Waals surface area contributed by atoms with Crippen LogP contribution in [0.4, 0.5) is 0 Å². The third-order valence-electron chi connectivity index (χ3n) is 2.13. The van der Waals surface area contributed by atoms with Crippen LogP contribution in [0.2, 0.25) is 0 Å². The number of nitrogens with zero attached hydrogens (tertiary/aromatic N) is 2. The van der Waals surface area contributed by atoms with Gasteiger partial charge in [-0.1, -0.05) is 6.92 Å². The van der Waals surface area contributed by atoms with Gasteiger partial charge in [0, 0.05) is 13.6 Å². The molecule has 0 aromatic carbocycles. The molecule has 0 aromatic heterocycles. The molecule has 0 saturated heterocycles. The largest absolute Gasteiger partial charge is 0.343 e. The van der Waals surface area contributed by atoms with Gasteiger partial charge in [-0.3, -0.25) is 4.79 Å². The van der Waals surface area contributed by atoms with Crippen molar-refractivity contribution in [1.82, 2.24) is 4.90 Å². The molecule has 0 aliphatic heterocycles. The van der Waals surface area contributed by atoms with E-state index in [1.807, 2.05) is 13.0 Å². The predicted molar refractivity (Wildman–Crippen MR) is 50.8 cm³/mol. The first-order valence-electron chi connectivity index (χ1n) is 4.37. The molecule has 0 aromatic rings. The molecule has 0 rings (SSSR count). The number of likely N-dealkylation sites (N-methyl/N-ethyl adjacent to an activating group) is 1. The number of hydrogen-bond acceptors (Lipinski definition) is 3. The Morgan fingerprint density at radius 2 is 2.23 bits per heavy atom. The van der Waals surface area contributed by atoms with Crippen molar-refractivity contribution in [2.45, 2.75) is 32.2 Å². The van der Waals surface area contributed by atoms with Gasteiger partial charge in [0.15, 0.2) is 0 Å². The Bertz CT molecular complexity index is 217. The van der Waals surface area contributed by atoms with E-state index in [0.717, 1.165) is 0 Å². The maximum absolute atomic E-state index is 11.6. The molecule has 0 radical (unpaired) electrons. The molecule has 74 valence electrons. The Morgan fingerprint density at radius 3 is 2.62 bits per heavy atom. The molecule has 4 nitrogen and oxygen atoms in total. The van der Waals surface area contributed by atoms with Gasteiger partial charge in [0.1, 0.15) is 0 Å². The number of nitriles is 1. The predicted octanol–water partition coefficient (Wildman–Crippen LogP) is 0.486. The molecule has 1 unspecified atom stereocenters. The molecule has 0 spiro atoms. The Hall–Kier alpha value is -1.08. The average Bonchev–Trinajstić information content (AvgIpc) is 2.12. The maximum atomic E-state index is 11.6. The molecule has 2 N–H and O–H groups in total. The van der Waals surface area contributed by atoms with E-state index >= 15 is 0 Å². The minimum Gasteiger partial charge on any atom is -0.343 e. The lowest BCUT2D eigenvalue weighted by Gasteiger charge is -2.27. The summed E-state index contributed by atoms with van der Waals surface area (Å²) in [5.74, 6) is -0.106. The van der Waals surface area contributed by atoms with Crippen molar-refractivity contribution in [3.8, 4) is 6.07 Å². The van der Waals surface area contributed by atoms with Crippen LogP contribution in [0.25, 0.3) is 0 Å². The summed E-state index contributed by atoms with van der Waals surface area (Å²) in [6.07, 6.45) is 0.949. The zero-order valence-corrected chi connectivity index (χ0v) is 8.50. The molecular formula is C9H17N3O. The Labute approximate surface area is 79.3 Å². The molecule has 0 bridgehead atoms. The number of hydrogen-bond donors (Lipinski definition) is 1. The summed E-state index contributed by atoms with van der Waals surface area (Å²) in [5.41, 5.74) is 4.96. The molecule has 0 aliphatic carbocycles. The first-order valence-corrected chi connectivity index (χ1v) is 4.37. The van der Waals surface area contributed by atoms with Crippen LogP contribution in [0.3, 0.4) is 0 Å². The average molecular weight is 183 g/mol. The Morgan fingerprint density at radius 1 is 1.69 bits per heavy atom. The number of amides is 1. The van der Waals surface area contributed by atoms with Gasteiger partial charge >= 0.3 is 0 Å². The minimum absolute atomic E-state index is 0.106. The lowest BCUT2D eigenvalue weighted by Crippen LogP contribution is -2.51. The van der Waals surface area contributed by atoms with E-state index in [-0.39, 0.29) is 5.91 Å². The molecule has 0 heterocycles. The topological polar surface area (TPSA) is 70.1 Å². The summed E-state index contributed by atoms with van der Waals surface area (Å²) in [5, 5.41) is 8.34. The van der Waals surface area contributed by atoms with E-state index in [2.05, 4.69) is 0 Å². The van der Waals surface area contributed by atoms with Crippen LogP contribution in [0.15, 0.2) is 0 Å². The quantitative estimate of drug-likeness (QED) is 0.689. The van der Waals surface area contributed by atoms with Gasteiger partial charge in [-0.25, -0.2) is 0 Å². The summed E-state index contributed by atoms with van der Waals surface area (Å²) >= 11 is 0. The maximum Gasteiger partial charge on any atom is 0.242 e. The lowest BCUT2D eigenvalue weighted by molar-refractivity contribution is -0.135. The van der Waals surface area contributed by atoms with Gasteiger partial charge < -0.3 is 10.6 Å². The van der Waals surface area contributed by atoms with Gasteiger partial charge in [-0.05, 0) is 13.3 Å². The van der Waals surface area contributed by atoms with Crippen LogP contribution in [0.5, 0.6) is 0 Å². The number of rotatable bonds is 4. The summed E-state index contributed by atoms with van der Waals surface area (Å²) in [6.45, 7) is 4.02. The van der Waals surface area contributed by atoms with Crippen molar-refractivity contribution in [1.29, 1.82) is 5.26 Å². The molecule has 0 saturated carbocycles. The van der Waals surface area contributed by atoms with Gasteiger partial charge in [-0.2, -0.15) is 5.26 Å². The van der Waals surface area contributed by atoms with Gasteiger partial charge in [-0.15, -0.1) is 0 Å². The molecule has 4 heteroatoms. The highest BCUT2D eigenvalue weighted by Crippen LogP contribution is 2.08. The molecular weight excluding hydrogens is 166 g/mol.